The number of aryl methyl sites for hydroxylation is 2. The van der Waals surface area contributed by atoms with Gasteiger partial charge in [0.15, 0.2) is 11.1 Å². The second-order valence-electron chi connectivity index (χ2n) is 8.21. The predicted octanol–water partition coefficient (Wildman–Crippen LogP) is 4.32. The van der Waals surface area contributed by atoms with E-state index in [1.807, 2.05) is 7.05 Å². The summed E-state index contributed by atoms with van der Waals surface area (Å²) in [6.45, 7) is 6.11. The van der Waals surface area contributed by atoms with Crippen molar-refractivity contribution in [3.8, 4) is 0 Å². The van der Waals surface area contributed by atoms with Crippen molar-refractivity contribution in [3.05, 3.63) is 41.2 Å². The molecule has 1 aromatic carbocycles. The number of aliphatic imine (C=N–C) groups is 1. The third kappa shape index (κ3) is 6.00. The molecule has 6 nitrogen and oxygen atoms in total. The lowest BCUT2D eigenvalue weighted by atomic mass is 9.99. The number of nitrogens with one attached hydrogen (secondary N) is 2. The molecule has 0 aliphatic heterocycles. The lowest BCUT2D eigenvalue weighted by Gasteiger charge is -2.17. The van der Waals surface area contributed by atoms with E-state index in [9.17, 15) is 0 Å². The minimum absolute atomic E-state index is 0.429. The molecule has 1 heterocycles. The molecule has 1 aromatic heterocycles. The second kappa shape index (κ2) is 11.4. The van der Waals surface area contributed by atoms with Gasteiger partial charge in [-0.25, -0.2) is 0 Å². The Labute approximate surface area is 185 Å². The highest BCUT2D eigenvalue weighted by atomic mass is 32.2. The van der Waals surface area contributed by atoms with E-state index in [4.69, 9.17) is 0 Å². The van der Waals surface area contributed by atoms with Crippen LogP contribution in [0, 0.1) is 6.92 Å². The molecule has 0 saturated heterocycles. The van der Waals surface area contributed by atoms with Gasteiger partial charge in [-0.3, -0.25) is 4.99 Å². The number of nitrogens with zero attached hydrogens (tertiary/aromatic N) is 4. The number of guanidine groups is 1. The Kier molecular flexibility index (Phi) is 8.61. The van der Waals surface area contributed by atoms with Crippen molar-refractivity contribution in [1.82, 2.24) is 25.4 Å². The summed E-state index contributed by atoms with van der Waals surface area (Å²) in [6.07, 6.45) is 9.19. The predicted molar refractivity (Wildman–Crippen MR) is 127 cm³/mol. The number of aromatic nitrogens is 3. The SMILES string of the molecule is CN=C(NCCCc1nnc(SC)n1C1CCCC1)NCC(C)c1cccc(C)c1. The van der Waals surface area contributed by atoms with Crippen molar-refractivity contribution in [2.75, 3.05) is 26.4 Å². The van der Waals surface area contributed by atoms with Crippen molar-refractivity contribution >= 4 is 17.7 Å². The van der Waals surface area contributed by atoms with E-state index >= 15 is 0 Å². The molecule has 0 bridgehead atoms. The maximum absolute atomic E-state index is 4.49. The first kappa shape index (κ1) is 22.7. The highest BCUT2D eigenvalue weighted by Gasteiger charge is 2.23. The van der Waals surface area contributed by atoms with Gasteiger partial charge in [0.05, 0.1) is 0 Å². The van der Waals surface area contributed by atoms with Gasteiger partial charge in [0.2, 0.25) is 0 Å². The molecule has 1 unspecified atom stereocenters. The summed E-state index contributed by atoms with van der Waals surface area (Å²) in [5.74, 6) is 2.42. The second-order valence-corrected chi connectivity index (χ2v) is 8.98. The van der Waals surface area contributed by atoms with Crippen LogP contribution in [0.5, 0.6) is 0 Å². The lowest BCUT2D eigenvalue weighted by Crippen LogP contribution is -2.39. The normalized spacial score (nSPS) is 16.1. The van der Waals surface area contributed by atoms with Crippen LogP contribution in [0.4, 0.5) is 0 Å². The summed E-state index contributed by atoms with van der Waals surface area (Å²) < 4.78 is 2.40. The quantitative estimate of drug-likeness (QED) is 0.269. The van der Waals surface area contributed by atoms with Crippen LogP contribution in [0.3, 0.4) is 0 Å². The highest BCUT2D eigenvalue weighted by molar-refractivity contribution is 7.98. The van der Waals surface area contributed by atoms with Gasteiger partial charge in [-0.1, -0.05) is 61.4 Å². The van der Waals surface area contributed by atoms with E-state index in [1.54, 1.807) is 11.8 Å². The number of hydrogen-bond donors (Lipinski definition) is 2. The molecular formula is C23H36N6S. The Morgan fingerprint density at radius 1 is 1.27 bits per heavy atom. The van der Waals surface area contributed by atoms with Crippen LogP contribution < -0.4 is 10.6 Å². The van der Waals surface area contributed by atoms with Gasteiger partial charge in [-0.2, -0.15) is 0 Å². The summed E-state index contributed by atoms with van der Waals surface area (Å²) >= 11 is 1.70. The summed E-state index contributed by atoms with van der Waals surface area (Å²) in [4.78, 5) is 4.37. The summed E-state index contributed by atoms with van der Waals surface area (Å²) in [6, 6.07) is 9.30. The van der Waals surface area contributed by atoms with E-state index in [0.29, 0.717) is 12.0 Å². The van der Waals surface area contributed by atoms with Gasteiger partial charge in [-0.15, -0.1) is 10.2 Å². The van der Waals surface area contributed by atoms with E-state index in [0.717, 1.165) is 42.9 Å². The van der Waals surface area contributed by atoms with E-state index in [-0.39, 0.29) is 0 Å². The zero-order chi connectivity index (χ0) is 21.3. The maximum atomic E-state index is 4.49. The van der Waals surface area contributed by atoms with Crippen molar-refractivity contribution in [2.24, 2.45) is 4.99 Å². The molecule has 1 atom stereocenters. The van der Waals surface area contributed by atoms with Crippen LogP contribution >= 0.6 is 11.8 Å². The Balaban J connectivity index is 1.45. The van der Waals surface area contributed by atoms with Crippen molar-refractivity contribution in [2.45, 2.75) is 69.5 Å². The minimum atomic E-state index is 0.429. The van der Waals surface area contributed by atoms with E-state index in [1.165, 1.54) is 36.8 Å². The van der Waals surface area contributed by atoms with Gasteiger partial charge in [0, 0.05) is 32.6 Å². The Hall–Kier alpha value is -2.02. The average molecular weight is 429 g/mol. The molecule has 7 heteroatoms. The molecule has 1 fully saturated rings. The summed E-state index contributed by atoms with van der Waals surface area (Å²) in [5, 5.41) is 16.9. The average Bonchev–Trinajstić information content (AvgIpc) is 3.42. The number of thioether (sulfide) groups is 1. The molecule has 2 aromatic rings. The lowest BCUT2D eigenvalue weighted by molar-refractivity contribution is 0.460. The molecule has 2 N–H and O–H groups in total. The van der Waals surface area contributed by atoms with Crippen LogP contribution in [-0.4, -0.2) is 47.1 Å². The fraction of sp³-hybridized carbons (Fsp3) is 0.609. The molecule has 1 aliphatic rings. The first-order valence-electron chi connectivity index (χ1n) is 11.1. The molecule has 1 saturated carbocycles. The molecule has 3 rings (SSSR count). The Bertz CT molecular complexity index is 825. The first-order chi connectivity index (χ1) is 14.6. The third-order valence-electron chi connectivity index (χ3n) is 5.89. The van der Waals surface area contributed by atoms with E-state index < -0.39 is 0 Å². The molecule has 164 valence electrons. The monoisotopic (exact) mass is 428 g/mol. The van der Waals surface area contributed by atoms with Gasteiger partial charge in [0.1, 0.15) is 5.82 Å². The molecular weight excluding hydrogens is 392 g/mol. The largest absolute Gasteiger partial charge is 0.356 e. The van der Waals surface area contributed by atoms with Gasteiger partial charge >= 0.3 is 0 Å². The fourth-order valence-corrected chi connectivity index (χ4v) is 4.74. The Morgan fingerprint density at radius 3 is 2.77 bits per heavy atom. The van der Waals surface area contributed by atoms with Gasteiger partial charge in [-0.05, 0) is 43.9 Å². The van der Waals surface area contributed by atoms with Crippen molar-refractivity contribution < 1.29 is 0 Å². The summed E-state index contributed by atoms with van der Waals surface area (Å²) in [5.41, 5.74) is 2.66. The minimum Gasteiger partial charge on any atom is -0.356 e. The fourth-order valence-electron chi connectivity index (χ4n) is 4.16. The molecule has 0 radical (unpaired) electrons. The van der Waals surface area contributed by atoms with Crippen LogP contribution in [0.2, 0.25) is 0 Å². The maximum Gasteiger partial charge on any atom is 0.191 e. The third-order valence-corrected chi connectivity index (χ3v) is 6.53. The molecule has 0 spiro atoms. The highest BCUT2D eigenvalue weighted by Crippen LogP contribution is 2.33. The van der Waals surface area contributed by atoms with Gasteiger partial charge < -0.3 is 15.2 Å². The van der Waals surface area contributed by atoms with Crippen molar-refractivity contribution in [1.29, 1.82) is 0 Å². The zero-order valence-electron chi connectivity index (χ0n) is 18.8. The number of rotatable bonds is 9. The van der Waals surface area contributed by atoms with Crippen LogP contribution in [0.15, 0.2) is 34.4 Å². The Morgan fingerprint density at radius 2 is 2.07 bits per heavy atom. The zero-order valence-corrected chi connectivity index (χ0v) is 19.6. The van der Waals surface area contributed by atoms with Crippen LogP contribution in [-0.2, 0) is 6.42 Å². The van der Waals surface area contributed by atoms with Crippen LogP contribution in [0.1, 0.15) is 67.9 Å². The number of hydrogen-bond acceptors (Lipinski definition) is 4. The molecule has 30 heavy (non-hydrogen) atoms. The van der Waals surface area contributed by atoms with E-state index in [2.05, 4.69) is 74.8 Å². The van der Waals surface area contributed by atoms with Crippen LogP contribution in [0.25, 0.3) is 0 Å². The topological polar surface area (TPSA) is 67.1 Å². The van der Waals surface area contributed by atoms with Gasteiger partial charge in [0.25, 0.3) is 0 Å². The summed E-state index contributed by atoms with van der Waals surface area (Å²) in [7, 11) is 1.83. The van der Waals surface area contributed by atoms with Crippen molar-refractivity contribution in [3.63, 3.8) is 0 Å². The molecule has 1 aliphatic carbocycles. The first-order valence-corrected chi connectivity index (χ1v) is 12.3. The molecule has 0 amide bonds. The number of benzene rings is 1. The smallest absolute Gasteiger partial charge is 0.191 e. The standard InChI is InChI=1S/C23H36N6S/c1-17-9-7-10-19(15-17)18(2)16-26-22(24-3)25-14-8-13-21-27-28-23(30-4)29(21)20-11-5-6-12-20/h7,9-10,15,18,20H,5-6,8,11-14,16H2,1-4H3,(H2,24,25,26).